The van der Waals surface area contributed by atoms with Crippen LogP contribution in [0.5, 0.6) is 0 Å². The second-order valence-electron chi connectivity index (χ2n) is 6.20. The van der Waals surface area contributed by atoms with Crippen LogP contribution in [0.4, 0.5) is 0 Å². The summed E-state index contributed by atoms with van der Waals surface area (Å²) in [6, 6.07) is 7.49. The van der Waals surface area contributed by atoms with Crippen LogP contribution < -0.4 is 5.32 Å². The first-order valence-corrected chi connectivity index (χ1v) is 9.19. The molecule has 1 saturated carbocycles. The molecule has 0 aromatic heterocycles. The minimum atomic E-state index is -3.37. The van der Waals surface area contributed by atoms with Gasteiger partial charge in [-0.15, -0.1) is 0 Å². The quantitative estimate of drug-likeness (QED) is 0.763. The predicted octanol–water partition coefficient (Wildman–Crippen LogP) is 1.75. The van der Waals surface area contributed by atoms with Gasteiger partial charge in [0.2, 0.25) is 10.0 Å². The number of rotatable bonds is 8. The highest BCUT2D eigenvalue weighted by Gasteiger charge is 2.31. The van der Waals surface area contributed by atoms with Gasteiger partial charge >= 0.3 is 0 Å². The third-order valence-corrected chi connectivity index (χ3v) is 6.08. The smallest absolute Gasteiger partial charge is 0.242 e. The number of sulfonamides is 1. The van der Waals surface area contributed by atoms with E-state index in [0.29, 0.717) is 16.9 Å². The first kappa shape index (κ1) is 17.4. The Morgan fingerprint density at radius 3 is 2.32 bits per heavy atom. The van der Waals surface area contributed by atoms with Crippen molar-refractivity contribution < 1.29 is 13.5 Å². The molecule has 0 heterocycles. The van der Waals surface area contributed by atoms with Crippen molar-refractivity contribution >= 4 is 10.0 Å². The maximum absolute atomic E-state index is 12.1. The molecule has 0 amide bonds. The second-order valence-corrected chi connectivity index (χ2v) is 8.35. The molecule has 6 heteroatoms. The molecule has 22 heavy (non-hydrogen) atoms. The first-order valence-electron chi connectivity index (χ1n) is 7.75. The van der Waals surface area contributed by atoms with Crippen molar-refractivity contribution in [1.29, 1.82) is 0 Å². The molecule has 0 radical (unpaired) electrons. The van der Waals surface area contributed by atoms with Crippen LogP contribution in [0, 0.1) is 5.92 Å². The number of aliphatic hydroxyl groups excluding tert-OH is 1. The summed E-state index contributed by atoms with van der Waals surface area (Å²) in [5, 5.41) is 12.7. The molecule has 1 aromatic rings. The second kappa shape index (κ2) is 7.08. The van der Waals surface area contributed by atoms with Crippen LogP contribution >= 0.6 is 0 Å². The summed E-state index contributed by atoms with van der Waals surface area (Å²) >= 11 is 0. The molecule has 2 N–H and O–H groups in total. The summed E-state index contributed by atoms with van der Waals surface area (Å²) in [6.45, 7) is 2.27. The van der Waals surface area contributed by atoms with Crippen molar-refractivity contribution in [1.82, 2.24) is 9.62 Å². The summed E-state index contributed by atoms with van der Waals surface area (Å²) in [5.74, 6) is 0.669. The lowest BCUT2D eigenvalue weighted by Gasteiger charge is -2.23. The third kappa shape index (κ3) is 4.07. The zero-order chi connectivity index (χ0) is 16.3. The number of hydrogen-bond donors (Lipinski definition) is 2. The maximum atomic E-state index is 12.1. The topological polar surface area (TPSA) is 69.6 Å². The van der Waals surface area contributed by atoms with Gasteiger partial charge in [-0.05, 0) is 49.8 Å². The molecule has 1 aliphatic rings. The Morgan fingerprint density at radius 1 is 1.27 bits per heavy atom. The summed E-state index contributed by atoms with van der Waals surface area (Å²) in [7, 11) is -0.314. The van der Waals surface area contributed by atoms with Crippen LogP contribution in [0.3, 0.4) is 0 Å². The number of hydrogen-bond acceptors (Lipinski definition) is 4. The van der Waals surface area contributed by atoms with Crippen molar-refractivity contribution in [2.75, 3.05) is 20.7 Å². The highest BCUT2D eigenvalue weighted by molar-refractivity contribution is 7.89. The Bertz CT molecular complexity index is 580. The van der Waals surface area contributed by atoms with Crippen molar-refractivity contribution in [2.45, 2.75) is 43.2 Å². The normalized spacial score (nSPS) is 18.4. The van der Waals surface area contributed by atoms with Crippen LogP contribution in [-0.2, 0) is 10.0 Å². The van der Waals surface area contributed by atoms with Gasteiger partial charge in [0.15, 0.2) is 0 Å². The van der Waals surface area contributed by atoms with E-state index in [0.717, 1.165) is 12.0 Å². The molecule has 1 fully saturated rings. The molecular weight excluding hydrogens is 300 g/mol. The van der Waals surface area contributed by atoms with E-state index in [1.54, 1.807) is 12.1 Å². The maximum Gasteiger partial charge on any atom is 0.242 e. The Hall–Kier alpha value is -0.950. The largest absolute Gasteiger partial charge is 0.396 e. The highest BCUT2D eigenvalue weighted by atomic mass is 32.2. The molecule has 124 valence electrons. The minimum absolute atomic E-state index is 0.133. The minimum Gasteiger partial charge on any atom is -0.396 e. The first-order chi connectivity index (χ1) is 10.4. The molecule has 1 aromatic carbocycles. The summed E-state index contributed by atoms with van der Waals surface area (Å²) in [5.41, 5.74) is 1.06. The molecule has 1 aliphatic carbocycles. The summed E-state index contributed by atoms with van der Waals surface area (Å²) in [4.78, 5) is 0.308. The van der Waals surface area contributed by atoms with E-state index in [4.69, 9.17) is 5.11 Å². The predicted molar refractivity (Wildman–Crippen MR) is 87.1 cm³/mol. The lowest BCUT2D eigenvalue weighted by Crippen LogP contribution is -2.34. The SMILES string of the molecule is CC(NC(CCO)C1CC1)c1ccc(S(=O)(=O)N(C)C)cc1. The Labute approximate surface area is 133 Å². The van der Waals surface area contributed by atoms with Gasteiger partial charge in [-0.3, -0.25) is 0 Å². The summed E-state index contributed by atoms with van der Waals surface area (Å²) in [6.07, 6.45) is 3.22. The van der Waals surface area contributed by atoms with E-state index in [1.165, 1.54) is 31.2 Å². The van der Waals surface area contributed by atoms with Gasteiger partial charge in [-0.25, -0.2) is 12.7 Å². The van der Waals surface area contributed by atoms with Crippen LogP contribution in [0.2, 0.25) is 0 Å². The van der Waals surface area contributed by atoms with Crippen LogP contribution in [0.15, 0.2) is 29.2 Å². The monoisotopic (exact) mass is 326 g/mol. The fraction of sp³-hybridized carbons (Fsp3) is 0.625. The number of nitrogens with zero attached hydrogens (tertiary/aromatic N) is 1. The third-order valence-electron chi connectivity index (χ3n) is 4.25. The Morgan fingerprint density at radius 2 is 1.86 bits per heavy atom. The van der Waals surface area contributed by atoms with E-state index in [-0.39, 0.29) is 12.6 Å². The van der Waals surface area contributed by atoms with Gasteiger partial charge in [0.1, 0.15) is 0 Å². The lowest BCUT2D eigenvalue weighted by atomic mass is 10.0. The van der Waals surface area contributed by atoms with Gasteiger partial charge in [0.05, 0.1) is 4.90 Å². The van der Waals surface area contributed by atoms with Crippen LogP contribution in [0.25, 0.3) is 0 Å². The molecule has 2 rings (SSSR count). The van der Waals surface area contributed by atoms with E-state index in [1.807, 2.05) is 12.1 Å². The van der Waals surface area contributed by atoms with Crippen molar-refractivity contribution in [2.24, 2.45) is 5.92 Å². The van der Waals surface area contributed by atoms with Gasteiger partial charge in [0, 0.05) is 32.8 Å². The van der Waals surface area contributed by atoms with E-state index in [9.17, 15) is 8.42 Å². The fourth-order valence-corrected chi connectivity index (χ4v) is 3.55. The Balaban J connectivity index is 2.06. The zero-order valence-electron chi connectivity index (χ0n) is 13.5. The molecule has 0 spiro atoms. The van der Waals surface area contributed by atoms with E-state index >= 15 is 0 Å². The highest BCUT2D eigenvalue weighted by Crippen LogP contribution is 2.35. The number of benzene rings is 1. The summed E-state index contributed by atoms with van der Waals surface area (Å²) < 4.78 is 25.3. The van der Waals surface area contributed by atoms with Crippen molar-refractivity contribution in [3.05, 3.63) is 29.8 Å². The standard InChI is InChI=1S/C16H26N2O3S/c1-12(17-16(10-11-19)14-4-5-14)13-6-8-15(9-7-13)22(20,21)18(2)3/h6-9,12,14,16-17,19H,4-5,10-11H2,1-3H3. The average molecular weight is 326 g/mol. The molecule has 2 atom stereocenters. The lowest BCUT2D eigenvalue weighted by molar-refractivity contribution is 0.250. The van der Waals surface area contributed by atoms with Gasteiger partial charge in [-0.2, -0.15) is 0 Å². The average Bonchev–Trinajstić information content (AvgIpc) is 3.31. The van der Waals surface area contributed by atoms with Crippen LogP contribution in [0.1, 0.15) is 37.8 Å². The molecule has 0 bridgehead atoms. The van der Waals surface area contributed by atoms with Gasteiger partial charge < -0.3 is 10.4 Å². The van der Waals surface area contributed by atoms with Gasteiger partial charge in [-0.1, -0.05) is 12.1 Å². The molecule has 0 saturated heterocycles. The fourth-order valence-electron chi connectivity index (χ4n) is 2.65. The Kier molecular flexibility index (Phi) is 5.60. The number of nitrogens with one attached hydrogen (secondary N) is 1. The number of aliphatic hydroxyl groups is 1. The van der Waals surface area contributed by atoms with Crippen molar-refractivity contribution in [3.8, 4) is 0 Å². The van der Waals surface area contributed by atoms with Gasteiger partial charge in [0.25, 0.3) is 0 Å². The van der Waals surface area contributed by atoms with Crippen molar-refractivity contribution in [3.63, 3.8) is 0 Å². The van der Waals surface area contributed by atoms with E-state index in [2.05, 4.69) is 12.2 Å². The molecule has 5 nitrogen and oxygen atoms in total. The molecular formula is C16H26N2O3S. The van der Waals surface area contributed by atoms with Crippen LogP contribution in [-0.4, -0.2) is 44.6 Å². The zero-order valence-corrected chi connectivity index (χ0v) is 14.3. The molecule has 0 aliphatic heterocycles. The molecule has 2 unspecified atom stereocenters. The van der Waals surface area contributed by atoms with E-state index < -0.39 is 10.0 Å².